The smallest absolute Gasteiger partial charge is 0.335 e. The molecule has 1 aromatic carbocycles. The number of carbonyl (C=O) groups is 2. The van der Waals surface area contributed by atoms with Crippen LogP contribution in [0, 0.1) is 0 Å². The van der Waals surface area contributed by atoms with E-state index in [-0.39, 0.29) is 11.5 Å². The van der Waals surface area contributed by atoms with Crippen molar-refractivity contribution in [3.63, 3.8) is 0 Å². The van der Waals surface area contributed by atoms with Crippen LogP contribution in [0.4, 0.5) is 5.69 Å². The van der Waals surface area contributed by atoms with Crippen LogP contribution < -0.4 is 5.32 Å². The molecule has 0 bridgehead atoms. The maximum absolute atomic E-state index is 12.1. The lowest BCUT2D eigenvalue weighted by molar-refractivity contribution is -0.111. The minimum absolute atomic E-state index is 0.194. The molecule has 0 saturated carbocycles. The van der Waals surface area contributed by atoms with Gasteiger partial charge in [-0.05, 0) is 81.0 Å². The van der Waals surface area contributed by atoms with E-state index in [0.29, 0.717) is 5.69 Å². The molecule has 4 heteroatoms. The lowest BCUT2D eigenvalue weighted by atomic mass is 9.88. The average molecular weight is 325 g/mol. The highest BCUT2D eigenvalue weighted by molar-refractivity contribution is 6.00. The largest absolute Gasteiger partial charge is 0.478 e. The molecule has 4 nitrogen and oxygen atoms in total. The molecule has 2 N–H and O–H groups in total. The summed E-state index contributed by atoms with van der Waals surface area (Å²) >= 11 is 0. The van der Waals surface area contributed by atoms with Crippen molar-refractivity contribution in [3.05, 3.63) is 64.3 Å². The van der Waals surface area contributed by atoms with Crippen LogP contribution in [0.2, 0.25) is 0 Å². The summed E-state index contributed by atoms with van der Waals surface area (Å²) in [7, 11) is 0. The van der Waals surface area contributed by atoms with Crippen molar-refractivity contribution < 1.29 is 14.7 Å². The molecule has 0 unspecified atom stereocenters. The van der Waals surface area contributed by atoms with Crippen LogP contribution in [-0.2, 0) is 4.79 Å². The summed E-state index contributed by atoms with van der Waals surface area (Å²) in [4.78, 5) is 22.9. The Hall–Kier alpha value is -2.62. The van der Waals surface area contributed by atoms with Gasteiger partial charge in [0.25, 0.3) is 0 Å². The number of carbonyl (C=O) groups excluding carboxylic acids is 1. The number of carboxylic acid groups (broad SMARTS) is 1. The zero-order valence-corrected chi connectivity index (χ0v) is 14.3. The molecule has 0 radical (unpaired) electrons. The average Bonchev–Trinajstić information content (AvgIpc) is 2.52. The molecular weight excluding hydrogens is 302 g/mol. The van der Waals surface area contributed by atoms with Crippen LogP contribution in [0.3, 0.4) is 0 Å². The number of benzene rings is 1. The lowest BCUT2D eigenvalue weighted by Gasteiger charge is -2.18. The van der Waals surface area contributed by atoms with Crippen LogP contribution in [0.5, 0.6) is 0 Å². The van der Waals surface area contributed by atoms with Crippen LogP contribution in [0.15, 0.2) is 58.7 Å². The maximum atomic E-state index is 12.1. The van der Waals surface area contributed by atoms with Crippen molar-refractivity contribution >= 4 is 17.6 Å². The van der Waals surface area contributed by atoms with Gasteiger partial charge in [-0.15, -0.1) is 0 Å². The molecule has 0 atom stereocenters. The van der Waals surface area contributed by atoms with Crippen molar-refractivity contribution in [1.29, 1.82) is 0 Å². The topological polar surface area (TPSA) is 66.4 Å². The van der Waals surface area contributed by atoms with Crippen molar-refractivity contribution in [2.75, 3.05) is 5.32 Å². The van der Waals surface area contributed by atoms with Gasteiger partial charge in [0.1, 0.15) is 0 Å². The molecule has 0 spiro atoms. The molecule has 0 saturated heterocycles. The van der Waals surface area contributed by atoms with E-state index in [0.717, 1.165) is 24.8 Å². The van der Waals surface area contributed by atoms with E-state index in [1.165, 1.54) is 28.9 Å². The first kappa shape index (κ1) is 17.7. The first-order valence-corrected chi connectivity index (χ1v) is 8.07. The predicted molar refractivity (Wildman–Crippen MR) is 96.1 cm³/mol. The summed E-state index contributed by atoms with van der Waals surface area (Å²) in [5.74, 6) is -1.21. The quantitative estimate of drug-likeness (QED) is 0.787. The van der Waals surface area contributed by atoms with Crippen molar-refractivity contribution in [2.24, 2.45) is 0 Å². The predicted octanol–water partition coefficient (Wildman–Crippen LogP) is 4.72. The summed E-state index contributed by atoms with van der Waals surface area (Å²) in [6, 6.07) is 6.10. The summed E-state index contributed by atoms with van der Waals surface area (Å²) in [6.07, 6.45) is 7.00. The summed E-state index contributed by atoms with van der Waals surface area (Å²) in [5, 5.41) is 11.6. The highest BCUT2D eigenvalue weighted by Crippen LogP contribution is 2.29. The van der Waals surface area contributed by atoms with Crippen molar-refractivity contribution in [3.8, 4) is 0 Å². The van der Waals surface area contributed by atoms with Gasteiger partial charge in [-0.3, -0.25) is 4.79 Å². The van der Waals surface area contributed by atoms with E-state index in [1.54, 1.807) is 18.2 Å². The van der Waals surface area contributed by atoms with Gasteiger partial charge in [0.2, 0.25) is 5.91 Å². The number of anilines is 1. The second kappa shape index (κ2) is 7.77. The second-order valence-electron chi connectivity index (χ2n) is 6.19. The highest BCUT2D eigenvalue weighted by atomic mass is 16.4. The van der Waals surface area contributed by atoms with E-state index >= 15 is 0 Å². The monoisotopic (exact) mass is 325 g/mol. The fraction of sp³-hybridized carbons (Fsp3) is 0.300. The zero-order chi connectivity index (χ0) is 17.7. The van der Waals surface area contributed by atoms with E-state index < -0.39 is 5.97 Å². The molecular formula is C20H23NO3. The van der Waals surface area contributed by atoms with Crippen LogP contribution in [0.1, 0.15) is 50.4 Å². The molecule has 0 fully saturated rings. The zero-order valence-electron chi connectivity index (χ0n) is 14.3. The Labute approximate surface area is 142 Å². The number of hydrogen-bond acceptors (Lipinski definition) is 2. The van der Waals surface area contributed by atoms with Crippen LogP contribution >= 0.6 is 0 Å². The Morgan fingerprint density at radius 2 is 1.79 bits per heavy atom. The van der Waals surface area contributed by atoms with Crippen LogP contribution in [-0.4, -0.2) is 17.0 Å². The Morgan fingerprint density at radius 1 is 1.12 bits per heavy atom. The first-order valence-electron chi connectivity index (χ1n) is 8.07. The van der Waals surface area contributed by atoms with Gasteiger partial charge < -0.3 is 10.4 Å². The minimum Gasteiger partial charge on any atom is -0.478 e. The molecule has 0 aromatic heterocycles. The number of amides is 1. The second-order valence-corrected chi connectivity index (χ2v) is 6.19. The fourth-order valence-corrected chi connectivity index (χ4v) is 2.77. The van der Waals surface area contributed by atoms with Gasteiger partial charge in [-0.2, -0.15) is 0 Å². The van der Waals surface area contributed by atoms with Gasteiger partial charge in [0, 0.05) is 11.8 Å². The summed E-state index contributed by atoms with van der Waals surface area (Å²) in [6.45, 7) is 6.21. The third kappa shape index (κ3) is 4.69. The van der Waals surface area contributed by atoms with E-state index in [4.69, 9.17) is 5.11 Å². The molecule has 1 aliphatic carbocycles. The number of allylic oxidation sites excluding steroid dienone is 5. The van der Waals surface area contributed by atoms with Gasteiger partial charge >= 0.3 is 5.97 Å². The molecule has 0 heterocycles. The van der Waals surface area contributed by atoms with Gasteiger partial charge in [0.05, 0.1) is 5.56 Å². The number of aromatic carboxylic acids is 1. The maximum Gasteiger partial charge on any atom is 0.335 e. The number of hydrogen-bond donors (Lipinski definition) is 2. The van der Waals surface area contributed by atoms with E-state index in [1.807, 2.05) is 6.92 Å². The van der Waals surface area contributed by atoms with Gasteiger partial charge in [-0.25, -0.2) is 4.79 Å². The Balaban J connectivity index is 2.06. The molecule has 2 rings (SSSR count). The SMILES string of the molecule is CC1=C(C)C(=C/C(C)=C/C(=O)Nc2ccc(C(=O)O)cc2)CCC1. The van der Waals surface area contributed by atoms with Crippen molar-refractivity contribution in [1.82, 2.24) is 0 Å². The Morgan fingerprint density at radius 3 is 2.42 bits per heavy atom. The number of nitrogens with one attached hydrogen (secondary N) is 1. The highest BCUT2D eigenvalue weighted by Gasteiger charge is 2.10. The lowest BCUT2D eigenvalue weighted by Crippen LogP contribution is -2.09. The molecule has 0 aliphatic heterocycles. The number of carboxylic acids is 1. The van der Waals surface area contributed by atoms with Gasteiger partial charge in [-0.1, -0.05) is 11.6 Å². The molecule has 24 heavy (non-hydrogen) atoms. The van der Waals surface area contributed by atoms with Crippen LogP contribution in [0.25, 0.3) is 0 Å². The Bertz CT molecular complexity index is 737. The molecule has 1 aromatic rings. The van der Waals surface area contributed by atoms with Crippen molar-refractivity contribution in [2.45, 2.75) is 40.0 Å². The summed E-state index contributed by atoms with van der Waals surface area (Å²) in [5.41, 5.74) is 5.72. The molecule has 126 valence electrons. The van der Waals surface area contributed by atoms with Gasteiger partial charge in [0.15, 0.2) is 0 Å². The minimum atomic E-state index is -0.985. The summed E-state index contributed by atoms with van der Waals surface area (Å²) < 4.78 is 0. The Kier molecular flexibility index (Phi) is 5.74. The third-order valence-corrected chi connectivity index (χ3v) is 4.28. The molecule has 1 aliphatic rings. The third-order valence-electron chi connectivity index (χ3n) is 4.28. The number of rotatable bonds is 4. The molecule has 1 amide bonds. The van der Waals surface area contributed by atoms with E-state index in [2.05, 4.69) is 25.2 Å². The first-order chi connectivity index (χ1) is 11.4. The van der Waals surface area contributed by atoms with E-state index in [9.17, 15) is 9.59 Å². The normalized spacial score (nSPS) is 17.1. The fourth-order valence-electron chi connectivity index (χ4n) is 2.77. The standard InChI is InChI=1S/C20H23NO3/c1-13(11-17-6-4-5-14(2)15(17)3)12-19(22)21-18-9-7-16(8-10-18)20(23)24/h7-12H,4-6H2,1-3H3,(H,21,22)(H,23,24)/b13-12+,17-11?.